The molecular weight excluding hydrogens is 248 g/mol. The van der Waals surface area contributed by atoms with Gasteiger partial charge in [0, 0.05) is 6.04 Å². The van der Waals surface area contributed by atoms with E-state index in [1.54, 1.807) is 0 Å². The number of aryl methyl sites for hydroxylation is 1. The third-order valence-electron chi connectivity index (χ3n) is 4.18. The number of halogens is 1. The van der Waals surface area contributed by atoms with Gasteiger partial charge in [0.05, 0.1) is 11.4 Å². The molecule has 0 amide bonds. The first-order valence-corrected chi connectivity index (χ1v) is 6.96. The second-order valence-corrected chi connectivity index (χ2v) is 5.53. The molecule has 1 saturated carbocycles. The molecule has 1 aromatic heterocycles. The monoisotopic (exact) mass is 268 g/mol. The fraction of sp³-hybridized carbons (Fsp3) is 0.692. The Labute approximate surface area is 113 Å². The van der Waals surface area contributed by atoms with Crippen LogP contribution >= 0.6 is 11.6 Å². The third-order valence-corrected chi connectivity index (χ3v) is 4.35. The lowest BCUT2D eigenvalue weighted by molar-refractivity contribution is 0.391. The summed E-state index contributed by atoms with van der Waals surface area (Å²) < 4.78 is 0. The molecule has 100 valence electrons. The minimum absolute atomic E-state index is 0.252. The summed E-state index contributed by atoms with van der Waals surface area (Å²) in [5.74, 6) is 2.12. The molecule has 0 aromatic carbocycles. The van der Waals surface area contributed by atoms with Crippen LogP contribution in [0.2, 0.25) is 5.28 Å². The number of nitrogen functional groups attached to an aromatic ring is 1. The summed E-state index contributed by atoms with van der Waals surface area (Å²) in [4.78, 5) is 8.25. The number of hydrogen-bond acceptors (Lipinski definition) is 4. The Morgan fingerprint density at radius 3 is 2.72 bits per heavy atom. The highest BCUT2D eigenvalue weighted by molar-refractivity contribution is 6.28. The number of nitrogens with one attached hydrogen (secondary N) is 1. The molecule has 1 heterocycles. The van der Waals surface area contributed by atoms with Crippen molar-refractivity contribution in [2.45, 2.75) is 46.1 Å². The van der Waals surface area contributed by atoms with Crippen LogP contribution in [-0.4, -0.2) is 16.0 Å². The molecule has 2 rings (SSSR count). The highest BCUT2D eigenvalue weighted by Gasteiger charge is 2.32. The van der Waals surface area contributed by atoms with Gasteiger partial charge in [-0.25, -0.2) is 4.98 Å². The van der Waals surface area contributed by atoms with Crippen molar-refractivity contribution < 1.29 is 0 Å². The lowest BCUT2D eigenvalue weighted by atomic mass is 9.93. The van der Waals surface area contributed by atoms with Crippen LogP contribution in [0.15, 0.2) is 0 Å². The Morgan fingerprint density at radius 1 is 1.39 bits per heavy atom. The normalized spacial score (nSPS) is 27.4. The summed E-state index contributed by atoms with van der Waals surface area (Å²) in [7, 11) is 0. The van der Waals surface area contributed by atoms with E-state index in [1.807, 2.05) is 6.92 Å². The smallest absolute Gasteiger partial charge is 0.224 e. The van der Waals surface area contributed by atoms with Gasteiger partial charge in [-0.1, -0.05) is 20.3 Å². The average molecular weight is 269 g/mol. The van der Waals surface area contributed by atoms with E-state index in [4.69, 9.17) is 17.3 Å². The largest absolute Gasteiger partial charge is 0.394 e. The second kappa shape index (κ2) is 5.31. The van der Waals surface area contributed by atoms with Crippen LogP contribution in [0.1, 0.15) is 38.8 Å². The van der Waals surface area contributed by atoms with Gasteiger partial charge in [0.15, 0.2) is 5.82 Å². The molecule has 1 fully saturated rings. The van der Waals surface area contributed by atoms with Crippen molar-refractivity contribution in [3.8, 4) is 0 Å². The van der Waals surface area contributed by atoms with Crippen LogP contribution in [0.5, 0.6) is 0 Å². The molecule has 3 unspecified atom stereocenters. The number of nitrogens with two attached hydrogens (primary N) is 1. The van der Waals surface area contributed by atoms with Crippen molar-refractivity contribution in [1.82, 2.24) is 9.97 Å². The Hall–Kier alpha value is -1.03. The van der Waals surface area contributed by atoms with Crippen molar-refractivity contribution >= 4 is 23.1 Å². The molecule has 0 radical (unpaired) electrons. The first-order chi connectivity index (χ1) is 8.52. The van der Waals surface area contributed by atoms with Gasteiger partial charge in [-0.2, -0.15) is 4.98 Å². The van der Waals surface area contributed by atoms with Crippen LogP contribution < -0.4 is 11.1 Å². The van der Waals surface area contributed by atoms with Gasteiger partial charge in [-0.15, -0.1) is 0 Å². The summed E-state index contributed by atoms with van der Waals surface area (Å²) in [6, 6.07) is 0.433. The molecule has 3 atom stereocenters. The lowest BCUT2D eigenvalue weighted by Gasteiger charge is -2.22. The molecule has 4 nitrogen and oxygen atoms in total. The Bertz CT molecular complexity index is 435. The number of hydrogen-bond donors (Lipinski definition) is 2. The van der Waals surface area contributed by atoms with Gasteiger partial charge in [0.2, 0.25) is 5.28 Å². The number of rotatable bonds is 3. The van der Waals surface area contributed by atoms with Gasteiger partial charge in [0.1, 0.15) is 0 Å². The maximum atomic E-state index is 6.00. The van der Waals surface area contributed by atoms with Crippen molar-refractivity contribution in [1.29, 1.82) is 0 Å². The second-order valence-electron chi connectivity index (χ2n) is 5.20. The van der Waals surface area contributed by atoms with E-state index in [1.165, 1.54) is 19.3 Å². The first-order valence-electron chi connectivity index (χ1n) is 6.59. The molecule has 0 spiro atoms. The highest BCUT2D eigenvalue weighted by atomic mass is 35.5. The minimum Gasteiger partial charge on any atom is -0.394 e. The topological polar surface area (TPSA) is 63.8 Å². The van der Waals surface area contributed by atoms with E-state index in [0.29, 0.717) is 23.5 Å². The van der Waals surface area contributed by atoms with Crippen LogP contribution in [0.4, 0.5) is 11.5 Å². The van der Waals surface area contributed by atoms with Crippen molar-refractivity contribution in [2.75, 3.05) is 11.1 Å². The quantitative estimate of drug-likeness (QED) is 0.826. The summed E-state index contributed by atoms with van der Waals surface area (Å²) in [5, 5.41) is 3.70. The van der Waals surface area contributed by atoms with E-state index >= 15 is 0 Å². The lowest BCUT2D eigenvalue weighted by Crippen LogP contribution is -2.26. The SMILES string of the molecule is CCC1CCC(Nc2nc(Cl)nc(C)c2N)C1C. The minimum atomic E-state index is 0.252. The van der Waals surface area contributed by atoms with Crippen LogP contribution in [0.3, 0.4) is 0 Å². The average Bonchev–Trinajstić information content (AvgIpc) is 2.67. The molecule has 5 heteroatoms. The molecule has 3 N–H and O–H groups in total. The predicted octanol–water partition coefficient (Wildman–Crippen LogP) is 3.26. The number of nitrogens with zero attached hydrogens (tertiary/aromatic N) is 2. The van der Waals surface area contributed by atoms with Crippen LogP contribution in [-0.2, 0) is 0 Å². The predicted molar refractivity (Wildman–Crippen MR) is 75.8 cm³/mol. The fourth-order valence-electron chi connectivity index (χ4n) is 2.86. The van der Waals surface area contributed by atoms with Crippen molar-refractivity contribution in [2.24, 2.45) is 11.8 Å². The summed E-state index contributed by atoms with van der Waals surface area (Å²) >= 11 is 5.88. The van der Waals surface area contributed by atoms with Gasteiger partial charge in [0.25, 0.3) is 0 Å². The standard InChI is InChI=1S/C13H21ClN4/c1-4-9-5-6-10(7(9)2)17-12-11(15)8(3)16-13(14)18-12/h7,9-10H,4-6,15H2,1-3H3,(H,16,17,18). The summed E-state index contributed by atoms with van der Waals surface area (Å²) in [6.45, 7) is 6.40. The molecule has 1 aliphatic carbocycles. The van der Waals surface area contributed by atoms with Gasteiger partial charge in [-0.3, -0.25) is 0 Å². The van der Waals surface area contributed by atoms with Crippen LogP contribution in [0, 0.1) is 18.8 Å². The zero-order valence-electron chi connectivity index (χ0n) is 11.2. The Kier molecular flexibility index (Phi) is 3.95. The maximum Gasteiger partial charge on any atom is 0.224 e. The van der Waals surface area contributed by atoms with E-state index in [-0.39, 0.29) is 5.28 Å². The number of aromatic nitrogens is 2. The van der Waals surface area contributed by atoms with Crippen molar-refractivity contribution in [3.63, 3.8) is 0 Å². The Balaban J connectivity index is 2.15. The van der Waals surface area contributed by atoms with E-state index in [2.05, 4.69) is 29.1 Å². The van der Waals surface area contributed by atoms with Crippen molar-refractivity contribution in [3.05, 3.63) is 11.0 Å². The first kappa shape index (κ1) is 13.4. The van der Waals surface area contributed by atoms with Gasteiger partial charge in [-0.05, 0) is 43.2 Å². The van der Waals surface area contributed by atoms with Gasteiger partial charge >= 0.3 is 0 Å². The highest BCUT2D eigenvalue weighted by Crippen LogP contribution is 2.36. The fourth-order valence-corrected chi connectivity index (χ4v) is 3.07. The van der Waals surface area contributed by atoms with Gasteiger partial charge < -0.3 is 11.1 Å². The van der Waals surface area contributed by atoms with E-state index < -0.39 is 0 Å². The molecule has 18 heavy (non-hydrogen) atoms. The maximum absolute atomic E-state index is 6.00. The molecule has 0 saturated heterocycles. The summed E-state index contributed by atoms with van der Waals surface area (Å²) in [6.07, 6.45) is 3.67. The van der Waals surface area contributed by atoms with E-state index in [0.717, 1.165) is 11.6 Å². The third kappa shape index (κ3) is 2.53. The summed E-state index contributed by atoms with van der Waals surface area (Å²) in [5.41, 5.74) is 7.33. The molecular formula is C13H21ClN4. The molecule has 1 aliphatic rings. The van der Waals surface area contributed by atoms with E-state index in [9.17, 15) is 0 Å². The molecule has 0 aliphatic heterocycles. The van der Waals surface area contributed by atoms with Crippen LogP contribution in [0.25, 0.3) is 0 Å². The molecule has 0 bridgehead atoms. The Morgan fingerprint density at radius 2 is 2.11 bits per heavy atom. The zero-order valence-corrected chi connectivity index (χ0v) is 12.0. The zero-order chi connectivity index (χ0) is 13.3. The molecule has 1 aromatic rings. The number of anilines is 2.